The summed E-state index contributed by atoms with van der Waals surface area (Å²) in [7, 11) is 1.69. The molecule has 0 saturated carbocycles. The first kappa shape index (κ1) is 22.2. The van der Waals surface area contributed by atoms with E-state index in [1.165, 1.54) is 6.07 Å². The van der Waals surface area contributed by atoms with Crippen molar-refractivity contribution >= 4 is 5.96 Å². The highest BCUT2D eigenvalue weighted by atomic mass is 19.3. The zero-order chi connectivity index (χ0) is 19.5. The third-order valence-electron chi connectivity index (χ3n) is 4.07. The molecule has 0 heterocycles. The molecule has 1 rings (SSSR count). The first-order valence-electron chi connectivity index (χ1n) is 9.08. The summed E-state index contributed by atoms with van der Waals surface area (Å²) in [5.74, 6) is 0.812. The fourth-order valence-corrected chi connectivity index (χ4v) is 2.84. The summed E-state index contributed by atoms with van der Waals surface area (Å²) in [4.78, 5) is 6.61. The van der Waals surface area contributed by atoms with Gasteiger partial charge in [0, 0.05) is 44.3 Å². The van der Waals surface area contributed by atoms with Crippen LogP contribution < -0.4 is 15.4 Å². The lowest BCUT2D eigenvalue weighted by atomic mass is 10.2. The van der Waals surface area contributed by atoms with Crippen LogP contribution in [0.4, 0.5) is 8.78 Å². The number of nitrogens with one attached hydrogen (secondary N) is 2. The monoisotopic (exact) mass is 370 g/mol. The van der Waals surface area contributed by atoms with Crippen molar-refractivity contribution in [2.75, 3.05) is 20.1 Å². The van der Waals surface area contributed by atoms with E-state index in [4.69, 9.17) is 0 Å². The standard InChI is InChI=1S/C19H32F2N4O/c1-14(2)25(15(3)4)12-8-11-23-19(22-5)24-13-16-9-6-7-10-17(16)26-18(20)21/h6-7,9-10,14-15,18H,8,11-13H2,1-5H3,(H2,22,23,24). The second kappa shape index (κ2) is 11.7. The summed E-state index contributed by atoms with van der Waals surface area (Å²) in [5, 5.41) is 6.39. The van der Waals surface area contributed by atoms with Gasteiger partial charge in [-0.15, -0.1) is 0 Å². The number of hydrogen-bond donors (Lipinski definition) is 2. The third-order valence-corrected chi connectivity index (χ3v) is 4.07. The molecule has 0 radical (unpaired) electrons. The number of para-hydroxylation sites is 1. The average Bonchev–Trinajstić information content (AvgIpc) is 2.57. The quantitative estimate of drug-likeness (QED) is 0.376. The smallest absolute Gasteiger partial charge is 0.387 e. The molecule has 0 aliphatic heterocycles. The molecule has 0 aliphatic carbocycles. The number of aliphatic imine (C=N–C) groups is 1. The van der Waals surface area contributed by atoms with Crippen LogP contribution in [0.3, 0.4) is 0 Å². The van der Waals surface area contributed by atoms with Crippen LogP contribution in [-0.2, 0) is 6.54 Å². The van der Waals surface area contributed by atoms with Crippen molar-refractivity contribution in [2.24, 2.45) is 4.99 Å². The fraction of sp³-hybridized carbons (Fsp3) is 0.632. The molecule has 148 valence electrons. The maximum absolute atomic E-state index is 12.5. The summed E-state index contributed by atoms with van der Waals surface area (Å²) in [6.07, 6.45) is 0.988. The number of hydrogen-bond acceptors (Lipinski definition) is 3. The van der Waals surface area contributed by atoms with Crippen LogP contribution in [0.2, 0.25) is 0 Å². The minimum Gasteiger partial charge on any atom is -0.434 e. The van der Waals surface area contributed by atoms with Crippen molar-refractivity contribution in [3.05, 3.63) is 29.8 Å². The van der Waals surface area contributed by atoms with Gasteiger partial charge >= 0.3 is 6.61 Å². The predicted molar refractivity (Wildman–Crippen MR) is 103 cm³/mol. The number of guanidine groups is 1. The Hall–Kier alpha value is -1.89. The molecule has 1 aromatic rings. The number of halogens is 2. The van der Waals surface area contributed by atoms with E-state index in [0.717, 1.165) is 19.5 Å². The zero-order valence-corrected chi connectivity index (χ0v) is 16.4. The summed E-state index contributed by atoms with van der Waals surface area (Å²) in [5.41, 5.74) is 0.654. The molecule has 0 atom stereocenters. The molecule has 0 bridgehead atoms. The number of ether oxygens (including phenoxy) is 1. The van der Waals surface area contributed by atoms with Gasteiger partial charge in [0.15, 0.2) is 5.96 Å². The van der Waals surface area contributed by atoms with Gasteiger partial charge in [-0.3, -0.25) is 9.89 Å². The molecule has 7 heteroatoms. The molecule has 0 spiro atoms. The third kappa shape index (κ3) is 7.99. The molecule has 0 aliphatic rings. The van der Waals surface area contributed by atoms with Crippen LogP contribution >= 0.6 is 0 Å². The highest BCUT2D eigenvalue weighted by Crippen LogP contribution is 2.19. The van der Waals surface area contributed by atoms with E-state index in [-0.39, 0.29) is 5.75 Å². The average molecular weight is 370 g/mol. The van der Waals surface area contributed by atoms with E-state index in [1.54, 1.807) is 25.2 Å². The predicted octanol–water partition coefficient (Wildman–Crippen LogP) is 3.46. The van der Waals surface area contributed by atoms with Gasteiger partial charge in [0.1, 0.15) is 5.75 Å². The molecule has 5 nitrogen and oxygen atoms in total. The van der Waals surface area contributed by atoms with Gasteiger partial charge in [0.25, 0.3) is 0 Å². The SMILES string of the molecule is CN=C(NCCCN(C(C)C)C(C)C)NCc1ccccc1OC(F)F. The second-order valence-electron chi connectivity index (χ2n) is 6.62. The minimum absolute atomic E-state index is 0.176. The largest absolute Gasteiger partial charge is 0.434 e. The number of rotatable bonds is 10. The van der Waals surface area contributed by atoms with Gasteiger partial charge in [0.2, 0.25) is 0 Å². The fourth-order valence-electron chi connectivity index (χ4n) is 2.84. The number of benzene rings is 1. The van der Waals surface area contributed by atoms with Gasteiger partial charge in [-0.1, -0.05) is 18.2 Å². The molecule has 0 fully saturated rings. The maximum Gasteiger partial charge on any atom is 0.387 e. The molecular weight excluding hydrogens is 338 g/mol. The lowest BCUT2D eigenvalue weighted by molar-refractivity contribution is -0.0504. The van der Waals surface area contributed by atoms with Crippen LogP contribution in [0.15, 0.2) is 29.3 Å². The van der Waals surface area contributed by atoms with Gasteiger partial charge in [0.05, 0.1) is 0 Å². The Morgan fingerprint density at radius 3 is 2.35 bits per heavy atom. The normalized spacial score (nSPS) is 12.3. The number of alkyl halides is 2. The summed E-state index contributed by atoms with van der Waals surface area (Å²) >= 11 is 0. The second-order valence-corrected chi connectivity index (χ2v) is 6.62. The topological polar surface area (TPSA) is 48.9 Å². The van der Waals surface area contributed by atoms with Crippen LogP contribution in [0.5, 0.6) is 5.75 Å². The van der Waals surface area contributed by atoms with E-state index >= 15 is 0 Å². The molecule has 26 heavy (non-hydrogen) atoms. The van der Waals surface area contributed by atoms with Gasteiger partial charge in [-0.25, -0.2) is 0 Å². The van der Waals surface area contributed by atoms with Crippen molar-refractivity contribution in [1.29, 1.82) is 0 Å². The van der Waals surface area contributed by atoms with E-state index in [9.17, 15) is 8.78 Å². The van der Waals surface area contributed by atoms with Crippen LogP contribution in [-0.4, -0.2) is 49.7 Å². The lowest BCUT2D eigenvalue weighted by Crippen LogP contribution is -2.41. The van der Waals surface area contributed by atoms with E-state index in [0.29, 0.717) is 30.2 Å². The molecular formula is C19H32F2N4O. The van der Waals surface area contributed by atoms with Gasteiger partial charge in [-0.2, -0.15) is 8.78 Å². The molecule has 0 unspecified atom stereocenters. The van der Waals surface area contributed by atoms with Crippen molar-refractivity contribution < 1.29 is 13.5 Å². The molecule has 0 aromatic heterocycles. The van der Waals surface area contributed by atoms with Crippen LogP contribution in [0.1, 0.15) is 39.7 Å². The summed E-state index contributed by atoms with van der Waals surface area (Å²) in [6, 6.07) is 7.77. The summed E-state index contributed by atoms with van der Waals surface area (Å²) in [6.45, 7) is 8.11. The first-order valence-corrected chi connectivity index (χ1v) is 9.08. The molecule has 0 saturated heterocycles. The Morgan fingerprint density at radius 2 is 1.77 bits per heavy atom. The molecule has 0 amide bonds. The number of nitrogens with zero attached hydrogens (tertiary/aromatic N) is 2. The lowest BCUT2D eigenvalue weighted by Gasteiger charge is -2.30. The van der Waals surface area contributed by atoms with E-state index in [1.807, 2.05) is 0 Å². The van der Waals surface area contributed by atoms with Crippen molar-refractivity contribution in [3.63, 3.8) is 0 Å². The Balaban J connectivity index is 2.45. The van der Waals surface area contributed by atoms with Crippen LogP contribution in [0.25, 0.3) is 0 Å². The van der Waals surface area contributed by atoms with E-state index in [2.05, 4.69) is 53.0 Å². The van der Waals surface area contributed by atoms with Crippen molar-refractivity contribution in [2.45, 2.75) is 59.4 Å². The molecule has 2 N–H and O–H groups in total. The van der Waals surface area contributed by atoms with Crippen molar-refractivity contribution in [1.82, 2.24) is 15.5 Å². The Morgan fingerprint density at radius 1 is 1.12 bits per heavy atom. The van der Waals surface area contributed by atoms with Gasteiger partial charge in [-0.05, 0) is 40.2 Å². The highest BCUT2D eigenvalue weighted by molar-refractivity contribution is 5.79. The van der Waals surface area contributed by atoms with Crippen molar-refractivity contribution in [3.8, 4) is 5.75 Å². The minimum atomic E-state index is -2.83. The highest BCUT2D eigenvalue weighted by Gasteiger charge is 2.12. The van der Waals surface area contributed by atoms with Crippen LogP contribution in [0, 0.1) is 0 Å². The zero-order valence-electron chi connectivity index (χ0n) is 16.4. The van der Waals surface area contributed by atoms with E-state index < -0.39 is 6.61 Å². The Kier molecular flexibility index (Phi) is 9.95. The summed E-state index contributed by atoms with van der Waals surface area (Å²) < 4.78 is 29.5. The maximum atomic E-state index is 12.5. The Bertz CT molecular complexity index is 542. The molecule has 1 aromatic carbocycles. The Labute approximate surface area is 155 Å². The first-order chi connectivity index (χ1) is 12.3. The van der Waals surface area contributed by atoms with Gasteiger partial charge < -0.3 is 15.4 Å².